The second kappa shape index (κ2) is 11.2. The molecule has 248 valence electrons. The molecule has 1 atom stereocenters. The number of fused-ring (bicyclic) bond motifs is 12. The van der Waals surface area contributed by atoms with Gasteiger partial charge in [0, 0.05) is 31.7 Å². The van der Waals surface area contributed by atoms with E-state index in [1.807, 2.05) is 11.3 Å². The minimum atomic E-state index is -0.0608. The molecule has 0 N–H and O–H groups in total. The molecule has 0 bridgehead atoms. The molecule has 0 nitrogen and oxygen atoms in total. The molecule has 0 amide bonds. The summed E-state index contributed by atoms with van der Waals surface area (Å²) in [6.07, 6.45) is 13.3. The molecule has 1 heteroatoms. The third kappa shape index (κ3) is 4.21. The van der Waals surface area contributed by atoms with Gasteiger partial charge in [-0.2, -0.15) is 0 Å². The van der Waals surface area contributed by atoms with Gasteiger partial charge in [0.25, 0.3) is 0 Å². The van der Waals surface area contributed by atoms with Crippen molar-refractivity contribution in [1.82, 2.24) is 0 Å². The first-order valence-corrected chi connectivity index (χ1v) is 19.6. The molecule has 0 saturated carbocycles. The lowest BCUT2D eigenvalue weighted by molar-refractivity contribution is 0.656. The van der Waals surface area contributed by atoms with E-state index in [1.54, 1.807) is 4.88 Å². The minimum absolute atomic E-state index is 0.0608. The van der Waals surface area contributed by atoms with Crippen LogP contribution in [-0.2, 0) is 11.8 Å². The van der Waals surface area contributed by atoms with Crippen molar-refractivity contribution in [2.75, 3.05) is 0 Å². The van der Waals surface area contributed by atoms with Crippen molar-refractivity contribution in [1.29, 1.82) is 0 Å². The van der Waals surface area contributed by atoms with Crippen LogP contribution in [0.2, 0.25) is 0 Å². The van der Waals surface area contributed by atoms with E-state index in [0.717, 1.165) is 19.3 Å². The van der Waals surface area contributed by atoms with E-state index in [4.69, 9.17) is 0 Å². The summed E-state index contributed by atoms with van der Waals surface area (Å²) in [4.78, 5) is 1.55. The van der Waals surface area contributed by atoms with Gasteiger partial charge in [-0.3, -0.25) is 0 Å². The zero-order valence-electron chi connectivity index (χ0n) is 29.5. The summed E-state index contributed by atoms with van der Waals surface area (Å²) in [5.74, 6) is 0.298. The Kier molecular flexibility index (Phi) is 6.52. The van der Waals surface area contributed by atoms with Gasteiger partial charge in [0.1, 0.15) is 0 Å². The van der Waals surface area contributed by atoms with E-state index in [2.05, 4.69) is 166 Å². The fraction of sp³-hybridized carbons (Fsp3) is 0.137. The highest BCUT2D eigenvalue weighted by Gasteiger charge is 2.43. The lowest BCUT2D eigenvalue weighted by Crippen LogP contribution is -2.17. The number of thiophene rings is 1. The highest BCUT2D eigenvalue weighted by atomic mass is 32.1. The molecule has 52 heavy (non-hydrogen) atoms. The predicted octanol–water partition coefficient (Wildman–Crippen LogP) is 14.4. The van der Waals surface area contributed by atoms with Gasteiger partial charge in [-0.05, 0) is 102 Å². The third-order valence-electron chi connectivity index (χ3n) is 12.2. The standard InChI is InChI=1S/C51H38S/c1-51(2)43-28-27-33(30-42(43)47-39-23-10-11-24-40(39)50-48(49(47)51)41-25-12-13-26-44(41)52-50)32-17-14-18-34(29-32)46-37-21-8-6-19-35(37)45(31-15-4-3-5-16-31)36-20-7-9-22-38(36)46/h3-12,14-25,28-30,33H,13,26-27H2,1-2H3. The lowest BCUT2D eigenvalue weighted by atomic mass is 9.76. The Morgan fingerprint density at radius 2 is 1.21 bits per heavy atom. The fourth-order valence-electron chi connectivity index (χ4n) is 9.94. The molecule has 1 unspecified atom stereocenters. The summed E-state index contributed by atoms with van der Waals surface area (Å²) in [6.45, 7) is 4.94. The summed E-state index contributed by atoms with van der Waals surface area (Å²) in [5, 5.41) is 9.52. The van der Waals surface area contributed by atoms with Gasteiger partial charge < -0.3 is 0 Å². The maximum atomic E-state index is 2.63. The molecular weight excluding hydrogens is 645 g/mol. The Bertz CT molecular complexity index is 2830. The van der Waals surface area contributed by atoms with Crippen molar-refractivity contribution in [2.24, 2.45) is 0 Å². The normalized spacial score (nSPS) is 17.3. The molecule has 3 aliphatic carbocycles. The van der Waals surface area contributed by atoms with E-state index in [0.29, 0.717) is 5.92 Å². The van der Waals surface area contributed by atoms with E-state index in [1.165, 1.54) is 98.1 Å². The first kappa shape index (κ1) is 30.2. The zero-order valence-corrected chi connectivity index (χ0v) is 30.4. The van der Waals surface area contributed by atoms with Gasteiger partial charge in [-0.25, -0.2) is 0 Å². The maximum absolute atomic E-state index is 2.63. The molecule has 0 radical (unpaired) electrons. The summed E-state index contributed by atoms with van der Waals surface area (Å²) >= 11 is 2.04. The van der Waals surface area contributed by atoms with E-state index < -0.39 is 0 Å². The fourth-order valence-corrected chi connectivity index (χ4v) is 11.3. The van der Waals surface area contributed by atoms with E-state index >= 15 is 0 Å². The van der Waals surface area contributed by atoms with Gasteiger partial charge in [0.2, 0.25) is 0 Å². The Morgan fingerprint density at radius 1 is 0.615 bits per heavy atom. The van der Waals surface area contributed by atoms with Crippen LogP contribution in [0.3, 0.4) is 0 Å². The van der Waals surface area contributed by atoms with Crippen LogP contribution in [0, 0.1) is 0 Å². The second-order valence-corrected chi connectivity index (χ2v) is 16.5. The average Bonchev–Trinajstić information content (AvgIpc) is 3.69. The molecule has 0 saturated heterocycles. The molecule has 1 heterocycles. The smallest absolute Gasteiger partial charge is 0.0433 e. The molecule has 7 aromatic carbocycles. The van der Waals surface area contributed by atoms with Gasteiger partial charge in [-0.1, -0.05) is 166 Å². The Labute approximate surface area is 309 Å². The van der Waals surface area contributed by atoms with Crippen molar-refractivity contribution in [3.63, 3.8) is 0 Å². The predicted molar refractivity (Wildman–Crippen MR) is 225 cm³/mol. The van der Waals surface area contributed by atoms with Crippen LogP contribution >= 0.6 is 11.3 Å². The molecule has 0 fully saturated rings. The Balaban J connectivity index is 1.11. The largest absolute Gasteiger partial charge is 0.139 e. The molecule has 8 aromatic rings. The molecular formula is C51H38S. The molecule has 0 aliphatic heterocycles. The van der Waals surface area contributed by atoms with Crippen LogP contribution in [0.15, 0.2) is 151 Å². The highest BCUT2D eigenvalue weighted by molar-refractivity contribution is 7.20. The van der Waals surface area contributed by atoms with Crippen molar-refractivity contribution < 1.29 is 0 Å². The van der Waals surface area contributed by atoms with Crippen LogP contribution < -0.4 is 0 Å². The number of aryl methyl sites for hydroxylation is 1. The van der Waals surface area contributed by atoms with Crippen molar-refractivity contribution >= 4 is 65.4 Å². The van der Waals surface area contributed by atoms with Crippen molar-refractivity contribution in [2.45, 2.75) is 44.4 Å². The highest BCUT2D eigenvalue weighted by Crippen LogP contribution is 2.59. The lowest BCUT2D eigenvalue weighted by Gasteiger charge is -2.27. The number of rotatable bonds is 3. The monoisotopic (exact) mass is 682 g/mol. The molecule has 11 rings (SSSR count). The topological polar surface area (TPSA) is 0 Å². The second-order valence-electron chi connectivity index (χ2n) is 15.4. The summed E-state index contributed by atoms with van der Waals surface area (Å²) in [6, 6.07) is 47.5. The zero-order chi connectivity index (χ0) is 34.6. The van der Waals surface area contributed by atoms with Gasteiger partial charge in [-0.15, -0.1) is 11.3 Å². The Hall–Kier alpha value is -5.50. The minimum Gasteiger partial charge on any atom is -0.139 e. The van der Waals surface area contributed by atoms with Gasteiger partial charge in [0.05, 0.1) is 0 Å². The van der Waals surface area contributed by atoms with Crippen LogP contribution in [0.1, 0.15) is 59.7 Å². The Morgan fingerprint density at radius 3 is 1.90 bits per heavy atom. The SMILES string of the molecule is CC1(C)C2=CCC(c3cccc(-c4c5ccccc5c(-c5ccccc5)c5ccccc45)c3)C=C2c2c1c1c3c(sc1c1ccccc21)CCC=C3. The number of benzene rings is 7. The van der Waals surface area contributed by atoms with Crippen LogP contribution in [-0.4, -0.2) is 0 Å². The van der Waals surface area contributed by atoms with Crippen molar-refractivity contribution in [3.8, 4) is 22.3 Å². The molecule has 3 aliphatic rings. The maximum Gasteiger partial charge on any atom is 0.0433 e. The summed E-state index contributed by atoms with van der Waals surface area (Å²) in [5.41, 5.74) is 13.9. The van der Waals surface area contributed by atoms with Crippen LogP contribution in [0.5, 0.6) is 0 Å². The third-order valence-corrected chi connectivity index (χ3v) is 13.5. The molecule has 0 spiro atoms. The quantitative estimate of drug-likeness (QED) is 0.163. The van der Waals surface area contributed by atoms with E-state index in [9.17, 15) is 0 Å². The van der Waals surface area contributed by atoms with Crippen LogP contribution in [0.25, 0.3) is 76.3 Å². The van der Waals surface area contributed by atoms with E-state index in [-0.39, 0.29) is 5.41 Å². The first-order valence-electron chi connectivity index (χ1n) is 18.8. The van der Waals surface area contributed by atoms with Crippen LogP contribution in [0.4, 0.5) is 0 Å². The first-order chi connectivity index (χ1) is 25.6. The number of allylic oxidation sites excluding steroid dienone is 5. The summed E-state index contributed by atoms with van der Waals surface area (Å²) < 4.78 is 1.47. The van der Waals surface area contributed by atoms with Crippen molar-refractivity contribution in [3.05, 3.63) is 178 Å². The van der Waals surface area contributed by atoms with Gasteiger partial charge >= 0.3 is 0 Å². The number of hydrogen-bond acceptors (Lipinski definition) is 1. The van der Waals surface area contributed by atoms with Gasteiger partial charge in [0.15, 0.2) is 0 Å². The molecule has 1 aromatic heterocycles. The average molecular weight is 683 g/mol. The summed E-state index contributed by atoms with van der Waals surface area (Å²) in [7, 11) is 0. The number of hydrogen-bond donors (Lipinski definition) is 0.